The Morgan fingerprint density at radius 2 is 2.14 bits per heavy atom. The number of aliphatic carboxylic acids is 1. The molecule has 1 rings (SSSR count). The van der Waals surface area contributed by atoms with E-state index in [4.69, 9.17) is 4.74 Å². The quantitative estimate of drug-likeness (QED) is 0.175. The zero-order valence-electron chi connectivity index (χ0n) is 17.5. The highest BCUT2D eigenvalue weighted by Gasteiger charge is 2.12. The fourth-order valence-electron chi connectivity index (χ4n) is 2.68. The predicted octanol–water partition coefficient (Wildman–Crippen LogP) is 5.77. The van der Waals surface area contributed by atoms with Crippen LogP contribution < -0.4 is 0 Å². The number of rotatable bonds is 13. The highest BCUT2D eigenvalue weighted by Crippen LogP contribution is 2.19. The van der Waals surface area contributed by atoms with Gasteiger partial charge in [-0.15, -0.1) is 0 Å². The lowest BCUT2D eigenvalue weighted by molar-refractivity contribution is -0.132. The maximum Gasteiger partial charge on any atom is 0.335 e. The highest BCUT2D eigenvalue weighted by atomic mass is 79.9. The number of carbonyl (C=O) groups is 1. The molecule has 0 fully saturated rings. The minimum atomic E-state index is -0.971. The van der Waals surface area contributed by atoms with Gasteiger partial charge in [0.25, 0.3) is 0 Å². The maximum atomic E-state index is 11.3. The molecule has 0 aromatic carbocycles. The molecule has 1 aromatic rings. The number of carboxylic acid groups (broad SMARTS) is 1. The van der Waals surface area contributed by atoms with E-state index >= 15 is 0 Å². The normalized spacial score (nSPS) is 13.3. The van der Waals surface area contributed by atoms with Crippen molar-refractivity contribution in [3.63, 3.8) is 0 Å². The lowest BCUT2D eigenvalue weighted by Crippen LogP contribution is -2.11. The van der Waals surface area contributed by atoms with Crippen molar-refractivity contribution < 1.29 is 14.6 Å². The number of hydrogen-bond donors (Lipinski definition) is 1. The van der Waals surface area contributed by atoms with Gasteiger partial charge in [0.05, 0.1) is 24.9 Å². The molecule has 0 saturated heterocycles. The van der Waals surface area contributed by atoms with E-state index in [1.807, 2.05) is 18.3 Å². The van der Waals surface area contributed by atoms with Crippen LogP contribution >= 0.6 is 15.9 Å². The third-order valence-corrected chi connectivity index (χ3v) is 4.76. The summed E-state index contributed by atoms with van der Waals surface area (Å²) in [5.41, 5.74) is 1.92. The molecule has 1 aromatic heterocycles. The van der Waals surface area contributed by atoms with Crippen molar-refractivity contribution in [3.8, 4) is 0 Å². The Morgan fingerprint density at radius 1 is 1.41 bits per heavy atom. The molecule has 0 unspecified atom stereocenters. The number of hydrogen-bond acceptors (Lipinski definition) is 3. The zero-order chi connectivity index (χ0) is 21.6. The molecule has 0 amide bonds. The van der Waals surface area contributed by atoms with Crippen molar-refractivity contribution in [1.29, 1.82) is 0 Å². The predicted molar refractivity (Wildman–Crippen MR) is 123 cm³/mol. The number of aromatic nitrogens is 2. The molecule has 29 heavy (non-hydrogen) atoms. The summed E-state index contributed by atoms with van der Waals surface area (Å²) in [5, 5.41) is 14.3. The van der Waals surface area contributed by atoms with Gasteiger partial charge >= 0.3 is 5.97 Å². The van der Waals surface area contributed by atoms with Crippen LogP contribution in [-0.2, 0) is 16.1 Å². The molecule has 0 spiro atoms. The molecule has 0 aliphatic rings. The van der Waals surface area contributed by atoms with Crippen LogP contribution in [0.15, 0.2) is 66.3 Å². The Morgan fingerprint density at radius 3 is 2.69 bits per heavy atom. The molecule has 1 heterocycles. The summed E-state index contributed by atoms with van der Waals surface area (Å²) in [4.78, 5) is 11.3. The molecule has 0 atom stereocenters. The third kappa shape index (κ3) is 8.69. The summed E-state index contributed by atoms with van der Waals surface area (Å²) >= 11 is 3.46. The Kier molecular flexibility index (Phi) is 11.7. The van der Waals surface area contributed by atoms with Crippen molar-refractivity contribution in [2.24, 2.45) is 5.92 Å². The van der Waals surface area contributed by atoms with E-state index in [1.54, 1.807) is 42.1 Å². The molecule has 0 radical (unpaired) electrons. The van der Waals surface area contributed by atoms with Crippen LogP contribution in [0.2, 0.25) is 0 Å². The summed E-state index contributed by atoms with van der Waals surface area (Å²) in [7, 11) is 0. The fourth-order valence-corrected chi connectivity index (χ4v) is 3.07. The number of alkyl halides is 1. The van der Waals surface area contributed by atoms with Crippen LogP contribution in [0.3, 0.4) is 0 Å². The van der Waals surface area contributed by atoms with Gasteiger partial charge in [0, 0.05) is 22.7 Å². The van der Waals surface area contributed by atoms with Gasteiger partial charge in [-0.3, -0.25) is 4.68 Å². The molecule has 0 saturated carbocycles. The topological polar surface area (TPSA) is 64.3 Å². The van der Waals surface area contributed by atoms with Crippen molar-refractivity contribution in [3.05, 3.63) is 71.8 Å². The van der Waals surface area contributed by atoms with Crippen molar-refractivity contribution >= 4 is 28.0 Å². The first-order valence-corrected chi connectivity index (χ1v) is 10.9. The first-order chi connectivity index (χ1) is 14.0. The first kappa shape index (κ1) is 24.7. The van der Waals surface area contributed by atoms with Crippen molar-refractivity contribution in [2.45, 2.75) is 40.2 Å². The van der Waals surface area contributed by atoms with E-state index in [9.17, 15) is 9.90 Å². The fraction of sp³-hybridized carbons (Fsp3) is 0.391. The smallest absolute Gasteiger partial charge is 0.335 e. The van der Waals surface area contributed by atoms with Gasteiger partial charge in [0.2, 0.25) is 0 Å². The van der Waals surface area contributed by atoms with Crippen LogP contribution in [0, 0.1) is 5.92 Å². The molecule has 0 aliphatic heterocycles. The molecular weight excluding hydrogens is 432 g/mol. The van der Waals surface area contributed by atoms with Gasteiger partial charge in [-0.25, -0.2) is 4.79 Å². The Hall–Kier alpha value is -2.34. The number of halogens is 1. The van der Waals surface area contributed by atoms with Crippen LogP contribution in [0.5, 0.6) is 0 Å². The molecule has 6 heteroatoms. The summed E-state index contributed by atoms with van der Waals surface area (Å²) in [6.07, 6.45) is 16.1. The molecule has 0 aliphatic carbocycles. The Balaban J connectivity index is 3.04. The number of ether oxygens (including phenoxy) is 1. The molecule has 1 N–H and O–H groups in total. The van der Waals surface area contributed by atoms with Gasteiger partial charge in [-0.1, -0.05) is 73.5 Å². The van der Waals surface area contributed by atoms with Crippen molar-refractivity contribution in [2.75, 3.05) is 11.9 Å². The highest BCUT2D eigenvalue weighted by molar-refractivity contribution is 9.09. The van der Waals surface area contributed by atoms with E-state index in [0.717, 1.165) is 29.7 Å². The van der Waals surface area contributed by atoms with E-state index in [0.29, 0.717) is 24.4 Å². The summed E-state index contributed by atoms with van der Waals surface area (Å²) in [6, 6.07) is 0. The second kappa shape index (κ2) is 13.8. The van der Waals surface area contributed by atoms with Crippen LogP contribution in [0.25, 0.3) is 6.08 Å². The average Bonchev–Trinajstić information content (AvgIpc) is 3.14. The third-order valence-electron chi connectivity index (χ3n) is 4.44. The van der Waals surface area contributed by atoms with E-state index < -0.39 is 5.97 Å². The van der Waals surface area contributed by atoms with Gasteiger partial charge in [-0.2, -0.15) is 5.10 Å². The second-order valence-corrected chi connectivity index (χ2v) is 7.17. The average molecular weight is 463 g/mol. The molecule has 5 nitrogen and oxygen atoms in total. The first-order valence-electron chi connectivity index (χ1n) is 9.79. The minimum absolute atomic E-state index is 0.212. The molecule has 158 valence electrons. The van der Waals surface area contributed by atoms with Crippen LogP contribution in [0.1, 0.15) is 39.2 Å². The largest absolute Gasteiger partial charge is 0.493 e. The second-order valence-electron chi connectivity index (χ2n) is 6.52. The standard InChI is InChI=1S/C23H31BrN2O3/c1-5-9-20(23(27)28)13-19-14-25-26(15-19)16-21(11-12-24)22(10-6-2)29-17-18(7-3)8-4/h5-6,9-11,13-15,18H,2,7-8,12,16-17H2,1,3-4H3,(H,27,28)/b9-5-,20-13+,21-11-,22-10+. The lowest BCUT2D eigenvalue weighted by atomic mass is 10.1. The lowest BCUT2D eigenvalue weighted by Gasteiger charge is -2.18. The molecule has 0 bridgehead atoms. The number of carboxylic acids is 1. The van der Waals surface area contributed by atoms with E-state index in [1.165, 1.54) is 0 Å². The maximum absolute atomic E-state index is 11.3. The van der Waals surface area contributed by atoms with Gasteiger partial charge in [0.15, 0.2) is 0 Å². The Bertz CT molecular complexity index is 784. The number of nitrogens with zero attached hydrogens (tertiary/aromatic N) is 2. The van der Waals surface area contributed by atoms with Gasteiger partial charge < -0.3 is 9.84 Å². The zero-order valence-corrected chi connectivity index (χ0v) is 19.1. The SMILES string of the molecule is C=C/C=C(OCC(CC)CC)\C(=C/CBr)Cn1cc(/C=C(\C=C/C)C(=O)O)cn1. The molecular formula is C23H31BrN2O3. The summed E-state index contributed by atoms with van der Waals surface area (Å²) < 4.78 is 7.88. The summed E-state index contributed by atoms with van der Waals surface area (Å²) in [6.45, 7) is 11.1. The van der Waals surface area contributed by atoms with E-state index in [2.05, 4.69) is 41.5 Å². The number of allylic oxidation sites excluding steroid dienone is 5. The van der Waals surface area contributed by atoms with Gasteiger partial charge in [0.1, 0.15) is 5.76 Å². The van der Waals surface area contributed by atoms with Crippen LogP contribution in [-0.4, -0.2) is 32.8 Å². The minimum Gasteiger partial charge on any atom is -0.493 e. The monoisotopic (exact) mass is 462 g/mol. The van der Waals surface area contributed by atoms with Crippen molar-refractivity contribution in [1.82, 2.24) is 9.78 Å². The van der Waals surface area contributed by atoms with Crippen LogP contribution in [0.4, 0.5) is 0 Å². The Labute approximate surface area is 182 Å². The summed E-state index contributed by atoms with van der Waals surface area (Å²) in [5.74, 6) is 0.316. The van der Waals surface area contributed by atoms with E-state index in [-0.39, 0.29) is 5.57 Å². The van der Waals surface area contributed by atoms with Gasteiger partial charge in [-0.05, 0) is 25.0 Å².